The number of aliphatic carboxylic acids is 1. The van der Waals surface area contributed by atoms with Gasteiger partial charge in [0.15, 0.2) is 0 Å². The van der Waals surface area contributed by atoms with Crippen molar-refractivity contribution in [3.63, 3.8) is 0 Å². The molecule has 1 aromatic carbocycles. The SMILES string of the molecule is CC1(C)C(C(=O)O)C1C(=O)Nc1ccc(F)cc1. The van der Waals surface area contributed by atoms with E-state index < -0.39 is 23.2 Å². The summed E-state index contributed by atoms with van der Waals surface area (Å²) in [7, 11) is 0. The zero-order valence-corrected chi connectivity index (χ0v) is 10.1. The highest BCUT2D eigenvalue weighted by Gasteiger charge is 2.65. The van der Waals surface area contributed by atoms with E-state index in [2.05, 4.69) is 5.32 Å². The second-order valence-corrected chi connectivity index (χ2v) is 5.11. The molecule has 5 heteroatoms. The molecular formula is C13H14FNO3. The largest absolute Gasteiger partial charge is 0.481 e. The third-order valence-electron chi connectivity index (χ3n) is 3.49. The molecule has 96 valence electrons. The third-order valence-corrected chi connectivity index (χ3v) is 3.49. The number of carboxylic acid groups (broad SMARTS) is 1. The van der Waals surface area contributed by atoms with Crippen LogP contribution in [0.4, 0.5) is 10.1 Å². The van der Waals surface area contributed by atoms with Crippen LogP contribution in [0.25, 0.3) is 0 Å². The zero-order chi connectivity index (χ0) is 13.5. The van der Waals surface area contributed by atoms with E-state index in [9.17, 15) is 14.0 Å². The summed E-state index contributed by atoms with van der Waals surface area (Å²) in [6.45, 7) is 3.50. The number of hydrogen-bond donors (Lipinski definition) is 2. The molecule has 1 aliphatic rings. The lowest BCUT2D eigenvalue weighted by Crippen LogP contribution is -2.17. The number of halogens is 1. The van der Waals surface area contributed by atoms with Gasteiger partial charge < -0.3 is 10.4 Å². The maximum absolute atomic E-state index is 12.7. The lowest BCUT2D eigenvalue weighted by molar-refractivity contribution is -0.140. The van der Waals surface area contributed by atoms with Gasteiger partial charge in [0.1, 0.15) is 5.82 Å². The van der Waals surface area contributed by atoms with Gasteiger partial charge in [0, 0.05) is 5.69 Å². The number of nitrogens with one attached hydrogen (secondary N) is 1. The fourth-order valence-corrected chi connectivity index (χ4v) is 2.34. The molecule has 0 spiro atoms. The van der Waals surface area contributed by atoms with E-state index in [0.29, 0.717) is 5.69 Å². The smallest absolute Gasteiger partial charge is 0.307 e. The Labute approximate surface area is 104 Å². The molecule has 1 aliphatic carbocycles. The fraction of sp³-hybridized carbons (Fsp3) is 0.385. The Morgan fingerprint density at radius 1 is 1.22 bits per heavy atom. The molecule has 0 heterocycles. The Morgan fingerprint density at radius 3 is 2.22 bits per heavy atom. The summed E-state index contributed by atoms with van der Waals surface area (Å²) in [5.41, 5.74) is -0.0658. The summed E-state index contributed by atoms with van der Waals surface area (Å²) in [5.74, 6) is -2.88. The maximum Gasteiger partial charge on any atom is 0.307 e. The molecule has 0 aromatic heterocycles. The van der Waals surface area contributed by atoms with E-state index in [-0.39, 0.29) is 11.7 Å². The molecule has 4 nitrogen and oxygen atoms in total. The first-order valence-electron chi connectivity index (χ1n) is 5.63. The topological polar surface area (TPSA) is 66.4 Å². The van der Waals surface area contributed by atoms with E-state index in [1.807, 2.05) is 0 Å². The van der Waals surface area contributed by atoms with E-state index in [1.54, 1.807) is 13.8 Å². The average Bonchev–Trinajstić information content (AvgIpc) is 2.85. The van der Waals surface area contributed by atoms with E-state index in [0.717, 1.165) is 0 Å². The van der Waals surface area contributed by atoms with Crippen LogP contribution in [0.5, 0.6) is 0 Å². The molecule has 0 radical (unpaired) electrons. The van der Waals surface area contributed by atoms with Crippen LogP contribution in [0, 0.1) is 23.1 Å². The second-order valence-electron chi connectivity index (χ2n) is 5.11. The first-order chi connectivity index (χ1) is 8.34. The predicted octanol–water partition coefficient (Wildman–Crippen LogP) is 2.12. The highest BCUT2D eigenvalue weighted by atomic mass is 19.1. The molecule has 2 atom stereocenters. The number of carbonyl (C=O) groups is 2. The van der Waals surface area contributed by atoms with Crippen LogP contribution in [-0.4, -0.2) is 17.0 Å². The summed E-state index contributed by atoms with van der Waals surface area (Å²) < 4.78 is 12.7. The van der Waals surface area contributed by atoms with Gasteiger partial charge in [0.2, 0.25) is 5.91 Å². The minimum absolute atomic E-state index is 0.334. The Hall–Kier alpha value is -1.91. The molecule has 1 fully saturated rings. The Balaban J connectivity index is 2.06. The van der Waals surface area contributed by atoms with Crippen LogP contribution in [0.15, 0.2) is 24.3 Å². The lowest BCUT2D eigenvalue weighted by atomic mass is 10.1. The predicted molar refractivity (Wildman–Crippen MR) is 63.4 cm³/mol. The first kappa shape index (κ1) is 12.5. The molecule has 18 heavy (non-hydrogen) atoms. The summed E-state index contributed by atoms with van der Waals surface area (Å²) >= 11 is 0. The normalized spacial score (nSPS) is 24.4. The number of benzene rings is 1. The fourth-order valence-electron chi connectivity index (χ4n) is 2.34. The van der Waals surface area contributed by atoms with E-state index >= 15 is 0 Å². The highest BCUT2D eigenvalue weighted by Crippen LogP contribution is 2.58. The van der Waals surface area contributed by atoms with Crippen molar-refractivity contribution < 1.29 is 19.1 Å². The molecule has 1 saturated carbocycles. The van der Waals surface area contributed by atoms with Gasteiger partial charge in [-0.1, -0.05) is 13.8 Å². The van der Waals surface area contributed by atoms with Crippen LogP contribution >= 0.6 is 0 Å². The van der Waals surface area contributed by atoms with Gasteiger partial charge >= 0.3 is 5.97 Å². The van der Waals surface area contributed by atoms with Crippen molar-refractivity contribution in [1.29, 1.82) is 0 Å². The van der Waals surface area contributed by atoms with Crippen LogP contribution in [0.3, 0.4) is 0 Å². The van der Waals surface area contributed by atoms with E-state index in [1.165, 1.54) is 24.3 Å². The van der Waals surface area contributed by atoms with Gasteiger partial charge in [-0.3, -0.25) is 9.59 Å². The molecule has 1 amide bonds. The van der Waals surface area contributed by atoms with Crippen molar-refractivity contribution in [1.82, 2.24) is 0 Å². The second kappa shape index (κ2) is 4.08. The Bertz CT molecular complexity index is 495. The number of anilines is 1. The summed E-state index contributed by atoms with van der Waals surface area (Å²) in [6, 6.07) is 5.36. The summed E-state index contributed by atoms with van der Waals surface area (Å²) in [4.78, 5) is 22.9. The van der Waals surface area contributed by atoms with Crippen molar-refractivity contribution in [3.8, 4) is 0 Å². The van der Waals surface area contributed by atoms with Crippen LogP contribution in [0.1, 0.15) is 13.8 Å². The maximum atomic E-state index is 12.7. The van der Waals surface area contributed by atoms with Crippen molar-refractivity contribution in [2.45, 2.75) is 13.8 Å². The van der Waals surface area contributed by atoms with Gasteiger partial charge in [0.05, 0.1) is 11.8 Å². The zero-order valence-electron chi connectivity index (χ0n) is 10.1. The number of rotatable bonds is 3. The third kappa shape index (κ3) is 2.08. The van der Waals surface area contributed by atoms with E-state index in [4.69, 9.17) is 5.11 Å². The Kier molecular flexibility index (Phi) is 2.84. The monoisotopic (exact) mass is 251 g/mol. The number of carbonyl (C=O) groups excluding carboxylic acids is 1. The van der Waals surface area contributed by atoms with Crippen LogP contribution in [-0.2, 0) is 9.59 Å². The van der Waals surface area contributed by atoms with Gasteiger partial charge in [-0.05, 0) is 29.7 Å². The van der Waals surface area contributed by atoms with Crippen molar-refractivity contribution in [3.05, 3.63) is 30.1 Å². The quantitative estimate of drug-likeness (QED) is 0.864. The van der Waals surface area contributed by atoms with Gasteiger partial charge in [-0.25, -0.2) is 4.39 Å². The van der Waals surface area contributed by atoms with Crippen molar-refractivity contribution in [2.24, 2.45) is 17.3 Å². The van der Waals surface area contributed by atoms with Gasteiger partial charge in [0.25, 0.3) is 0 Å². The first-order valence-corrected chi connectivity index (χ1v) is 5.63. The van der Waals surface area contributed by atoms with Gasteiger partial charge in [-0.2, -0.15) is 0 Å². The molecule has 2 rings (SSSR count). The van der Waals surface area contributed by atoms with Crippen molar-refractivity contribution >= 4 is 17.6 Å². The van der Waals surface area contributed by atoms with Crippen LogP contribution < -0.4 is 5.32 Å². The molecule has 2 unspecified atom stereocenters. The number of hydrogen-bond acceptors (Lipinski definition) is 2. The standard InChI is InChI=1S/C13H14FNO3/c1-13(2)9(10(13)12(17)18)11(16)15-8-5-3-7(14)4-6-8/h3-6,9-10H,1-2H3,(H,15,16)(H,17,18). The minimum atomic E-state index is -0.959. The lowest BCUT2D eigenvalue weighted by Gasteiger charge is -2.05. The molecular weight excluding hydrogens is 237 g/mol. The molecule has 0 aliphatic heterocycles. The number of amides is 1. The van der Waals surface area contributed by atoms with Crippen LogP contribution in [0.2, 0.25) is 0 Å². The van der Waals surface area contributed by atoms with Crippen molar-refractivity contribution in [2.75, 3.05) is 5.32 Å². The summed E-state index contributed by atoms with van der Waals surface area (Å²) in [6.07, 6.45) is 0. The number of carboxylic acids is 1. The molecule has 1 aromatic rings. The Morgan fingerprint density at radius 2 is 1.78 bits per heavy atom. The molecule has 2 N–H and O–H groups in total. The van der Waals surface area contributed by atoms with Gasteiger partial charge in [-0.15, -0.1) is 0 Å². The molecule has 0 bridgehead atoms. The average molecular weight is 251 g/mol. The minimum Gasteiger partial charge on any atom is -0.481 e. The highest BCUT2D eigenvalue weighted by molar-refractivity contribution is 5.99. The molecule has 0 saturated heterocycles. The summed E-state index contributed by atoms with van der Waals surface area (Å²) in [5, 5.41) is 11.6.